The van der Waals surface area contributed by atoms with Crippen LogP contribution in [-0.2, 0) is 17.8 Å². The molecule has 1 amide bonds. The molecule has 3 rings (SSSR count). The Morgan fingerprint density at radius 2 is 1.88 bits per heavy atom. The second-order valence-electron chi connectivity index (χ2n) is 6.96. The van der Waals surface area contributed by atoms with Gasteiger partial charge in [0.25, 0.3) is 5.91 Å². The monoisotopic (exact) mass is 490 g/mol. The summed E-state index contributed by atoms with van der Waals surface area (Å²) >= 11 is 3.51. The number of anilines is 1. The van der Waals surface area contributed by atoms with Gasteiger partial charge in [-0.2, -0.15) is 5.26 Å². The van der Waals surface area contributed by atoms with Gasteiger partial charge >= 0.3 is 0 Å². The molecule has 162 valence electrons. The number of amides is 1. The molecular formula is C26H23BrN2O3. The Kier molecular flexibility index (Phi) is 8.07. The lowest BCUT2D eigenvalue weighted by Crippen LogP contribution is -2.13. The number of ether oxygens (including phenoxy) is 2. The Morgan fingerprint density at radius 1 is 1.12 bits per heavy atom. The molecule has 0 saturated heterocycles. The van der Waals surface area contributed by atoms with Crippen LogP contribution in [0.5, 0.6) is 11.5 Å². The van der Waals surface area contributed by atoms with Gasteiger partial charge in [-0.05, 0) is 48.4 Å². The molecule has 32 heavy (non-hydrogen) atoms. The van der Waals surface area contributed by atoms with Crippen molar-refractivity contribution >= 4 is 33.6 Å². The highest BCUT2D eigenvalue weighted by molar-refractivity contribution is 9.10. The van der Waals surface area contributed by atoms with Crippen LogP contribution in [0.4, 0.5) is 5.69 Å². The first-order valence-corrected chi connectivity index (χ1v) is 10.9. The van der Waals surface area contributed by atoms with Crippen molar-refractivity contribution in [3.8, 4) is 17.6 Å². The third-order valence-electron chi connectivity index (χ3n) is 4.85. The molecule has 0 unspecified atom stereocenters. The highest BCUT2D eigenvalue weighted by Gasteiger charge is 2.13. The number of carbonyl (C=O) groups excluding carboxylic acids is 1. The van der Waals surface area contributed by atoms with E-state index in [1.807, 2.05) is 54.6 Å². The van der Waals surface area contributed by atoms with Crippen LogP contribution in [0.25, 0.3) is 6.08 Å². The van der Waals surface area contributed by atoms with Crippen LogP contribution in [0.3, 0.4) is 0 Å². The number of hydrogen-bond donors (Lipinski definition) is 1. The predicted molar refractivity (Wildman–Crippen MR) is 130 cm³/mol. The van der Waals surface area contributed by atoms with Gasteiger partial charge in [0.05, 0.1) is 7.11 Å². The van der Waals surface area contributed by atoms with Crippen molar-refractivity contribution in [2.45, 2.75) is 20.0 Å². The Morgan fingerprint density at radius 3 is 2.53 bits per heavy atom. The van der Waals surface area contributed by atoms with Gasteiger partial charge in [-0.25, -0.2) is 0 Å². The number of nitrogens with zero attached hydrogens (tertiary/aromatic N) is 1. The topological polar surface area (TPSA) is 71.4 Å². The zero-order valence-electron chi connectivity index (χ0n) is 17.9. The summed E-state index contributed by atoms with van der Waals surface area (Å²) in [6, 6.07) is 22.5. The summed E-state index contributed by atoms with van der Waals surface area (Å²) in [5.74, 6) is 0.639. The van der Waals surface area contributed by atoms with Crippen LogP contribution < -0.4 is 14.8 Å². The van der Waals surface area contributed by atoms with Crippen LogP contribution in [0.2, 0.25) is 0 Å². The van der Waals surface area contributed by atoms with Gasteiger partial charge in [-0.3, -0.25) is 4.79 Å². The average molecular weight is 491 g/mol. The van der Waals surface area contributed by atoms with Gasteiger partial charge < -0.3 is 14.8 Å². The van der Waals surface area contributed by atoms with Gasteiger partial charge in [0.15, 0.2) is 0 Å². The van der Waals surface area contributed by atoms with Crippen molar-refractivity contribution in [1.29, 1.82) is 5.26 Å². The van der Waals surface area contributed by atoms with Crippen LogP contribution in [0.1, 0.15) is 23.6 Å². The van der Waals surface area contributed by atoms with Crippen molar-refractivity contribution in [2.24, 2.45) is 0 Å². The van der Waals surface area contributed by atoms with E-state index in [4.69, 9.17) is 9.47 Å². The maximum atomic E-state index is 12.7. The number of methoxy groups -OCH3 is 1. The Hall–Kier alpha value is -3.56. The summed E-state index contributed by atoms with van der Waals surface area (Å²) in [7, 11) is 1.57. The lowest BCUT2D eigenvalue weighted by Gasteiger charge is -2.12. The molecule has 0 saturated carbocycles. The molecule has 0 aromatic heterocycles. The zero-order valence-corrected chi connectivity index (χ0v) is 19.5. The fourth-order valence-corrected chi connectivity index (χ4v) is 3.38. The maximum Gasteiger partial charge on any atom is 0.266 e. The van der Waals surface area contributed by atoms with E-state index in [0.717, 1.165) is 16.5 Å². The molecule has 3 aromatic carbocycles. The largest absolute Gasteiger partial charge is 0.497 e. The van der Waals surface area contributed by atoms with E-state index in [1.54, 1.807) is 25.3 Å². The molecule has 0 bridgehead atoms. The average Bonchev–Trinajstić information content (AvgIpc) is 2.82. The molecule has 0 heterocycles. The molecule has 3 aromatic rings. The van der Waals surface area contributed by atoms with Gasteiger partial charge in [0, 0.05) is 27.4 Å². The molecule has 0 fully saturated rings. The molecule has 0 aliphatic rings. The van der Waals surface area contributed by atoms with E-state index in [0.29, 0.717) is 29.4 Å². The number of halogens is 1. The number of rotatable bonds is 8. The van der Waals surface area contributed by atoms with E-state index < -0.39 is 5.91 Å². The molecule has 1 N–H and O–H groups in total. The van der Waals surface area contributed by atoms with Crippen molar-refractivity contribution in [1.82, 2.24) is 0 Å². The summed E-state index contributed by atoms with van der Waals surface area (Å²) in [6.45, 7) is 2.38. The molecule has 6 heteroatoms. The van der Waals surface area contributed by atoms with E-state index in [-0.39, 0.29) is 5.57 Å². The third-order valence-corrected chi connectivity index (χ3v) is 5.62. The molecule has 0 atom stereocenters. The minimum atomic E-state index is -0.482. The highest BCUT2D eigenvalue weighted by Crippen LogP contribution is 2.29. The van der Waals surface area contributed by atoms with Crippen LogP contribution in [-0.4, -0.2) is 13.0 Å². The summed E-state index contributed by atoms with van der Waals surface area (Å²) in [5, 5.41) is 12.4. The predicted octanol–water partition coefficient (Wildman–Crippen LogP) is 6.14. The number of nitrogens with one attached hydrogen (secondary N) is 1. The molecule has 0 aliphatic heterocycles. The fourth-order valence-electron chi connectivity index (χ4n) is 2.98. The summed E-state index contributed by atoms with van der Waals surface area (Å²) in [4.78, 5) is 12.7. The first kappa shape index (κ1) is 23.1. The Balaban J connectivity index is 1.84. The van der Waals surface area contributed by atoms with Gasteiger partial charge in [-0.1, -0.05) is 53.2 Å². The highest BCUT2D eigenvalue weighted by atomic mass is 79.9. The zero-order chi connectivity index (χ0) is 22.9. The minimum Gasteiger partial charge on any atom is -0.497 e. The van der Waals surface area contributed by atoms with Crippen LogP contribution in [0.15, 0.2) is 76.8 Å². The van der Waals surface area contributed by atoms with Crippen molar-refractivity contribution in [3.05, 3.63) is 93.5 Å². The van der Waals surface area contributed by atoms with E-state index in [9.17, 15) is 10.1 Å². The fraction of sp³-hybridized carbons (Fsp3) is 0.154. The maximum absolute atomic E-state index is 12.7. The molecule has 0 radical (unpaired) electrons. The quantitative estimate of drug-likeness (QED) is 0.303. The van der Waals surface area contributed by atoms with Crippen LogP contribution >= 0.6 is 15.9 Å². The Bertz CT molecular complexity index is 1160. The van der Waals surface area contributed by atoms with E-state index in [1.165, 1.54) is 11.6 Å². The summed E-state index contributed by atoms with van der Waals surface area (Å²) in [6.07, 6.45) is 2.43. The number of nitriles is 1. The second-order valence-corrected chi connectivity index (χ2v) is 7.81. The number of benzene rings is 3. The standard InChI is InChI=1S/C26H23BrN2O3/c1-3-18-8-11-22(12-9-18)29-26(30)21(16-28)14-19-10-13-23(31-2)15-25(19)32-17-20-6-4-5-7-24(20)27/h4-15H,3,17H2,1-2H3,(H,29,30)/b21-14+. The van der Waals surface area contributed by atoms with Crippen molar-refractivity contribution < 1.29 is 14.3 Å². The smallest absolute Gasteiger partial charge is 0.266 e. The normalized spacial score (nSPS) is 10.9. The number of carbonyl (C=O) groups is 1. The number of aryl methyl sites for hydroxylation is 1. The summed E-state index contributed by atoms with van der Waals surface area (Å²) < 4.78 is 12.3. The molecule has 5 nitrogen and oxygen atoms in total. The lowest BCUT2D eigenvalue weighted by atomic mass is 10.1. The van der Waals surface area contributed by atoms with Gasteiger partial charge in [0.2, 0.25) is 0 Å². The lowest BCUT2D eigenvalue weighted by molar-refractivity contribution is -0.112. The second kappa shape index (κ2) is 11.2. The van der Waals surface area contributed by atoms with Gasteiger partial charge in [-0.15, -0.1) is 0 Å². The van der Waals surface area contributed by atoms with E-state index in [2.05, 4.69) is 28.2 Å². The molecule has 0 aliphatic carbocycles. The first-order chi connectivity index (χ1) is 15.5. The van der Waals surface area contributed by atoms with Crippen molar-refractivity contribution in [2.75, 3.05) is 12.4 Å². The van der Waals surface area contributed by atoms with Crippen molar-refractivity contribution in [3.63, 3.8) is 0 Å². The minimum absolute atomic E-state index is 0.0273. The first-order valence-electron chi connectivity index (χ1n) is 10.1. The van der Waals surface area contributed by atoms with Gasteiger partial charge in [0.1, 0.15) is 29.7 Å². The third kappa shape index (κ3) is 5.99. The summed E-state index contributed by atoms with van der Waals surface area (Å²) in [5.41, 5.74) is 3.35. The van der Waals surface area contributed by atoms with Crippen LogP contribution in [0, 0.1) is 11.3 Å². The molecule has 0 spiro atoms. The number of hydrogen-bond acceptors (Lipinski definition) is 4. The SMILES string of the molecule is CCc1ccc(NC(=O)/C(C#N)=C/c2ccc(OC)cc2OCc2ccccc2Br)cc1. The van der Waals surface area contributed by atoms with E-state index >= 15 is 0 Å². The molecular weight excluding hydrogens is 468 g/mol. The Labute approximate surface area is 196 Å².